The molecular formula is C16H15BrN4O2S. The highest BCUT2D eigenvalue weighted by atomic mass is 79.9. The van der Waals surface area contributed by atoms with Crippen molar-refractivity contribution in [1.82, 2.24) is 20.1 Å². The lowest BCUT2D eigenvalue weighted by atomic mass is 10.2. The minimum Gasteiger partial charge on any atom is -0.467 e. The van der Waals surface area contributed by atoms with Crippen LogP contribution < -0.4 is 0 Å². The Morgan fingerprint density at radius 3 is 2.92 bits per heavy atom. The van der Waals surface area contributed by atoms with Gasteiger partial charge in [-0.1, -0.05) is 45.9 Å². The van der Waals surface area contributed by atoms with Gasteiger partial charge in [0.1, 0.15) is 5.76 Å². The molecule has 1 aromatic carbocycles. The second kappa shape index (κ2) is 7.67. The van der Waals surface area contributed by atoms with Gasteiger partial charge in [-0.15, -0.1) is 5.10 Å². The second-order valence-corrected chi connectivity index (χ2v) is 6.86. The number of H-pyrrole nitrogens is 1. The number of aromatic nitrogens is 3. The van der Waals surface area contributed by atoms with Gasteiger partial charge in [-0.3, -0.25) is 9.89 Å². The van der Waals surface area contributed by atoms with Gasteiger partial charge in [0.25, 0.3) is 0 Å². The fourth-order valence-electron chi connectivity index (χ4n) is 2.05. The molecule has 8 heteroatoms. The molecule has 0 atom stereocenters. The Morgan fingerprint density at radius 2 is 2.17 bits per heavy atom. The number of aromatic amines is 1. The summed E-state index contributed by atoms with van der Waals surface area (Å²) in [5.74, 6) is 1.68. The van der Waals surface area contributed by atoms with Crippen molar-refractivity contribution >= 4 is 33.6 Å². The predicted molar refractivity (Wildman–Crippen MR) is 95.4 cm³/mol. The van der Waals surface area contributed by atoms with Crippen molar-refractivity contribution in [2.75, 3.05) is 12.8 Å². The number of rotatable bonds is 6. The van der Waals surface area contributed by atoms with Gasteiger partial charge in [0.2, 0.25) is 11.1 Å². The number of carbonyl (C=O) groups is 1. The molecule has 1 N–H and O–H groups in total. The maximum absolute atomic E-state index is 12.2. The van der Waals surface area contributed by atoms with E-state index in [1.165, 1.54) is 11.8 Å². The van der Waals surface area contributed by atoms with E-state index in [2.05, 4.69) is 31.1 Å². The number of benzene rings is 1. The van der Waals surface area contributed by atoms with Crippen molar-refractivity contribution in [2.45, 2.75) is 11.7 Å². The third-order valence-electron chi connectivity index (χ3n) is 3.32. The Balaban J connectivity index is 1.57. The summed E-state index contributed by atoms with van der Waals surface area (Å²) >= 11 is 4.79. The van der Waals surface area contributed by atoms with Gasteiger partial charge >= 0.3 is 0 Å². The SMILES string of the molecule is CN(Cc1ccco1)C(=O)CSc1n[nH]c(-c2ccccc2Br)n1. The van der Waals surface area contributed by atoms with Gasteiger partial charge in [-0.2, -0.15) is 0 Å². The molecule has 0 aliphatic rings. The maximum atomic E-state index is 12.2. The van der Waals surface area contributed by atoms with Crippen LogP contribution in [0.4, 0.5) is 0 Å². The topological polar surface area (TPSA) is 75.0 Å². The zero-order chi connectivity index (χ0) is 16.9. The number of halogens is 1. The van der Waals surface area contributed by atoms with Crippen LogP contribution in [-0.2, 0) is 11.3 Å². The number of nitrogens with one attached hydrogen (secondary N) is 1. The number of hydrogen-bond donors (Lipinski definition) is 1. The van der Waals surface area contributed by atoms with Gasteiger partial charge in [0.15, 0.2) is 5.82 Å². The van der Waals surface area contributed by atoms with Crippen LogP contribution in [-0.4, -0.2) is 38.8 Å². The first kappa shape index (κ1) is 16.8. The van der Waals surface area contributed by atoms with E-state index in [9.17, 15) is 4.79 Å². The molecule has 3 rings (SSSR count). The van der Waals surface area contributed by atoms with Gasteiger partial charge < -0.3 is 9.32 Å². The Hall–Kier alpha value is -2.06. The lowest BCUT2D eigenvalue weighted by Crippen LogP contribution is -2.27. The quantitative estimate of drug-likeness (QED) is 0.633. The van der Waals surface area contributed by atoms with E-state index in [0.717, 1.165) is 15.8 Å². The summed E-state index contributed by atoms with van der Waals surface area (Å²) in [5.41, 5.74) is 0.929. The predicted octanol–water partition coefficient (Wildman–Crippen LogP) is 3.58. The molecule has 0 fully saturated rings. The molecule has 6 nitrogen and oxygen atoms in total. The molecular weight excluding hydrogens is 392 g/mol. The van der Waals surface area contributed by atoms with E-state index >= 15 is 0 Å². The summed E-state index contributed by atoms with van der Waals surface area (Å²) in [5, 5.41) is 7.60. The maximum Gasteiger partial charge on any atom is 0.233 e. The van der Waals surface area contributed by atoms with Gasteiger partial charge in [-0.05, 0) is 18.2 Å². The van der Waals surface area contributed by atoms with Crippen LogP contribution in [0.2, 0.25) is 0 Å². The van der Waals surface area contributed by atoms with Crippen molar-refractivity contribution < 1.29 is 9.21 Å². The largest absolute Gasteiger partial charge is 0.467 e. The van der Waals surface area contributed by atoms with Crippen molar-refractivity contribution in [3.8, 4) is 11.4 Å². The van der Waals surface area contributed by atoms with Crippen LogP contribution in [0, 0.1) is 0 Å². The van der Waals surface area contributed by atoms with Crippen molar-refractivity contribution in [1.29, 1.82) is 0 Å². The smallest absolute Gasteiger partial charge is 0.233 e. The van der Waals surface area contributed by atoms with E-state index in [0.29, 0.717) is 17.5 Å². The number of furan rings is 1. The first-order chi connectivity index (χ1) is 11.6. The highest BCUT2D eigenvalue weighted by Gasteiger charge is 2.14. The monoisotopic (exact) mass is 406 g/mol. The molecule has 24 heavy (non-hydrogen) atoms. The fraction of sp³-hybridized carbons (Fsp3) is 0.188. The average Bonchev–Trinajstić information content (AvgIpc) is 3.24. The highest BCUT2D eigenvalue weighted by molar-refractivity contribution is 9.10. The molecule has 0 saturated carbocycles. The first-order valence-electron chi connectivity index (χ1n) is 7.20. The van der Waals surface area contributed by atoms with Crippen molar-refractivity contribution in [3.05, 3.63) is 52.9 Å². The first-order valence-corrected chi connectivity index (χ1v) is 8.98. The molecule has 0 bridgehead atoms. The minimum atomic E-state index is -0.0105. The van der Waals surface area contributed by atoms with E-state index in [4.69, 9.17) is 4.42 Å². The molecule has 0 unspecified atom stereocenters. The standard InChI is InChI=1S/C16H15BrN4O2S/c1-21(9-11-5-4-8-23-11)14(22)10-24-16-18-15(19-20-16)12-6-2-3-7-13(12)17/h2-8H,9-10H2,1H3,(H,18,19,20). The zero-order valence-corrected chi connectivity index (χ0v) is 15.3. The van der Waals surface area contributed by atoms with Crippen LogP contribution in [0.5, 0.6) is 0 Å². The average molecular weight is 407 g/mol. The number of thioether (sulfide) groups is 1. The molecule has 0 spiro atoms. The van der Waals surface area contributed by atoms with E-state index in [1.54, 1.807) is 24.3 Å². The molecule has 2 heterocycles. The molecule has 124 valence electrons. The summed E-state index contributed by atoms with van der Waals surface area (Å²) in [6, 6.07) is 11.4. The molecule has 3 aromatic rings. The zero-order valence-electron chi connectivity index (χ0n) is 12.9. The number of amides is 1. The summed E-state index contributed by atoms with van der Waals surface area (Å²) in [4.78, 5) is 18.2. The van der Waals surface area contributed by atoms with Crippen molar-refractivity contribution in [3.63, 3.8) is 0 Å². The molecule has 0 aliphatic carbocycles. The van der Waals surface area contributed by atoms with Gasteiger partial charge in [0, 0.05) is 17.1 Å². The second-order valence-electron chi connectivity index (χ2n) is 5.06. The molecule has 1 amide bonds. The van der Waals surface area contributed by atoms with Crippen molar-refractivity contribution in [2.24, 2.45) is 0 Å². The van der Waals surface area contributed by atoms with Crippen LogP contribution >= 0.6 is 27.7 Å². The van der Waals surface area contributed by atoms with Gasteiger partial charge in [-0.25, -0.2) is 4.98 Å². The summed E-state index contributed by atoms with van der Waals surface area (Å²) in [7, 11) is 1.75. The van der Waals surface area contributed by atoms with Crippen LogP contribution in [0.1, 0.15) is 5.76 Å². The Kier molecular flexibility index (Phi) is 5.37. The summed E-state index contributed by atoms with van der Waals surface area (Å²) in [6.07, 6.45) is 1.60. The van der Waals surface area contributed by atoms with E-state index < -0.39 is 0 Å². The van der Waals surface area contributed by atoms with E-state index in [-0.39, 0.29) is 11.7 Å². The third kappa shape index (κ3) is 4.07. The Labute approximate surface area is 151 Å². The number of nitrogens with zero attached hydrogens (tertiary/aromatic N) is 3. The molecule has 0 radical (unpaired) electrons. The lowest BCUT2D eigenvalue weighted by Gasteiger charge is -2.14. The van der Waals surface area contributed by atoms with Gasteiger partial charge in [0.05, 0.1) is 18.6 Å². The molecule has 2 aromatic heterocycles. The molecule has 0 aliphatic heterocycles. The lowest BCUT2D eigenvalue weighted by molar-refractivity contribution is -0.127. The Bertz CT molecular complexity index is 819. The fourth-order valence-corrected chi connectivity index (χ4v) is 3.26. The number of hydrogen-bond acceptors (Lipinski definition) is 5. The van der Waals surface area contributed by atoms with Crippen LogP contribution in [0.3, 0.4) is 0 Å². The third-order valence-corrected chi connectivity index (χ3v) is 4.84. The normalized spacial score (nSPS) is 10.8. The van der Waals surface area contributed by atoms with Crippen LogP contribution in [0.15, 0.2) is 56.7 Å². The summed E-state index contributed by atoms with van der Waals surface area (Å²) < 4.78 is 6.18. The minimum absolute atomic E-state index is 0.0105. The van der Waals surface area contributed by atoms with Crippen LogP contribution in [0.25, 0.3) is 11.4 Å². The molecule has 0 saturated heterocycles. The Morgan fingerprint density at radius 1 is 1.33 bits per heavy atom. The van der Waals surface area contributed by atoms with E-state index in [1.807, 2.05) is 30.3 Å². The number of carbonyl (C=O) groups excluding carboxylic acids is 1. The summed E-state index contributed by atoms with van der Waals surface area (Å²) in [6.45, 7) is 0.447. The highest BCUT2D eigenvalue weighted by Crippen LogP contribution is 2.26.